The molecule has 0 radical (unpaired) electrons. The molecule has 0 N–H and O–H groups in total. The minimum atomic E-state index is -0.162. The van der Waals surface area contributed by atoms with Crippen molar-refractivity contribution in [3.63, 3.8) is 0 Å². The molecule has 1 unspecified atom stereocenters. The van der Waals surface area contributed by atoms with Gasteiger partial charge in [0.2, 0.25) is 0 Å². The molecular formula is C14H20N4O2. The van der Waals surface area contributed by atoms with Crippen molar-refractivity contribution in [3.8, 4) is 0 Å². The van der Waals surface area contributed by atoms with Gasteiger partial charge in [-0.25, -0.2) is 4.79 Å². The molecule has 0 aromatic carbocycles. The number of allylic oxidation sites excluding steroid dienone is 1. The maximum atomic E-state index is 11.5. The first kappa shape index (κ1) is 13.2. The third-order valence-corrected chi connectivity index (χ3v) is 4.10. The molecule has 0 bridgehead atoms. The first-order chi connectivity index (χ1) is 9.69. The van der Waals surface area contributed by atoms with Crippen molar-refractivity contribution >= 4 is 6.09 Å². The first-order valence-electron chi connectivity index (χ1n) is 6.97. The second-order valence-electron chi connectivity index (χ2n) is 5.39. The molecule has 20 heavy (non-hydrogen) atoms. The zero-order chi connectivity index (χ0) is 14.1. The highest BCUT2D eigenvalue weighted by Crippen LogP contribution is 2.20. The fourth-order valence-corrected chi connectivity index (χ4v) is 2.88. The van der Waals surface area contributed by atoms with E-state index < -0.39 is 0 Å². The quantitative estimate of drug-likeness (QED) is 0.770. The van der Waals surface area contributed by atoms with Crippen LogP contribution in [0.2, 0.25) is 0 Å². The van der Waals surface area contributed by atoms with Crippen molar-refractivity contribution in [2.45, 2.75) is 26.1 Å². The second-order valence-corrected chi connectivity index (χ2v) is 5.39. The fraction of sp³-hybridized carbons (Fsp3) is 0.571. The lowest BCUT2D eigenvalue weighted by Crippen LogP contribution is -2.51. The largest absolute Gasteiger partial charge is 0.447 e. The van der Waals surface area contributed by atoms with Gasteiger partial charge in [0.05, 0.1) is 18.8 Å². The van der Waals surface area contributed by atoms with E-state index in [1.165, 1.54) is 11.3 Å². The van der Waals surface area contributed by atoms with E-state index in [2.05, 4.69) is 23.5 Å². The van der Waals surface area contributed by atoms with Gasteiger partial charge in [0, 0.05) is 37.4 Å². The molecule has 1 amide bonds. The summed E-state index contributed by atoms with van der Waals surface area (Å²) in [5, 5.41) is 4.38. The highest BCUT2D eigenvalue weighted by atomic mass is 16.6. The Morgan fingerprint density at radius 2 is 2.40 bits per heavy atom. The first-order valence-corrected chi connectivity index (χ1v) is 6.97. The van der Waals surface area contributed by atoms with E-state index in [0.29, 0.717) is 6.61 Å². The molecule has 1 aromatic rings. The number of carbonyl (C=O) groups is 1. The lowest BCUT2D eigenvalue weighted by atomic mass is 10.1. The van der Waals surface area contributed by atoms with Crippen LogP contribution >= 0.6 is 0 Å². The topological polar surface area (TPSA) is 50.6 Å². The van der Waals surface area contributed by atoms with E-state index in [1.807, 2.05) is 21.9 Å². The summed E-state index contributed by atoms with van der Waals surface area (Å²) in [5.74, 6) is 0. The zero-order valence-corrected chi connectivity index (χ0v) is 11.8. The molecule has 2 saturated heterocycles. The van der Waals surface area contributed by atoms with Gasteiger partial charge in [-0.05, 0) is 6.92 Å². The van der Waals surface area contributed by atoms with Gasteiger partial charge in [-0.3, -0.25) is 14.5 Å². The molecule has 6 heteroatoms. The number of fused-ring (bicyclic) bond motifs is 1. The summed E-state index contributed by atoms with van der Waals surface area (Å²) >= 11 is 0. The van der Waals surface area contributed by atoms with Crippen molar-refractivity contribution in [1.82, 2.24) is 19.6 Å². The van der Waals surface area contributed by atoms with Gasteiger partial charge in [0.25, 0.3) is 0 Å². The molecule has 1 atom stereocenters. The second kappa shape index (κ2) is 5.28. The van der Waals surface area contributed by atoms with Crippen LogP contribution < -0.4 is 0 Å². The van der Waals surface area contributed by atoms with Crippen LogP contribution in [-0.2, 0) is 17.8 Å². The zero-order valence-electron chi connectivity index (χ0n) is 11.8. The van der Waals surface area contributed by atoms with Gasteiger partial charge in [-0.15, -0.1) is 6.58 Å². The van der Waals surface area contributed by atoms with E-state index in [-0.39, 0.29) is 12.1 Å². The molecule has 2 aliphatic rings. The molecule has 6 nitrogen and oxygen atoms in total. The van der Waals surface area contributed by atoms with Crippen LogP contribution in [-0.4, -0.2) is 58.0 Å². The third-order valence-electron chi connectivity index (χ3n) is 4.10. The van der Waals surface area contributed by atoms with Crippen molar-refractivity contribution in [2.75, 3.05) is 26.2 Å². The number of hydrogen-bond acceptors (Lipinski definition) is 4. The SMILES string of the molecule is C=CCn1ncc(CN2CCN3C(=O)OCC3C2)c1C. The maximum absolute atomic E-state index is 11.5. The summed E-state index contributed by atoms with van der Waals surface area (Å²) < 4.78 is 7.05. The van der Waals surface area contributed by atoms with Crippen LogP contribution in [0.1, 0.15) is 11.3 Å². The molecule has 0 aliphatic carbocycles. The summed E-state index contributed by atoms with van der Waals surface area (Å²) in [4.78, 5) is 15.7. The molecule has 0 spiro atoms. The van der Waals surface area contributed by atoms with Gasteiger partial charge in [0.1, 0.15) is 6.61 Å². The number of cyclic esters (lactones) is 1. The highest BCUT2D eigenvalue weighted by Gasteiger charge is 2.37. The number of carbonyl (C=O) groups excluding carboxylic acids is 1. The standard InChI is InChI=1S/C14H20N4O2/c1-3-4-18-11(2)12(7-15-18)8-16-5-6-17-13(9-16)10-20-14(17)19/h3,7,13H,1,4-6,8-10H2,2H3. The number of hydrogen-bond donors (Lipinski definition) is 0. The summed E-state index contributed by atoms with van der Waals surface area (Å²) in [7, 11) is 0. The van der Waals surface area contributed by atoms with Crippen molar-refractivity contribution < 1.29 is 9.53 Å². The molecule has 3 heterocycles. The number of ether oxygens (including phenoxy) is 1. The van der Waals surface area contributed by atoms with E-state index in [4.69, 9.17) is 4.74 Å². The smallest absolute Gasteiger partial charge is 0.410 e. The van der Waals surface area contributed by atoms with Crippen LogP contribution in [0.4, 0.5) is 4.79 Å². The summed E-state index contributed by atoms with van der Waals surface area (Å²) in [5.41, 5.74) is 2.43. The number of rotatable bonds is 4. The lowest BCUT2D eigenvalue weighted by molar-refractivity contribution is 0.115. The van der Waals surface area contributed by atoms with Gasteiger partial charge < -0.3 is 4.74 Å². The number of piperazine rings is 1. The van der Waals surface area contributed by atoms with Gasteiger partial charge in [-0.1, -0.05) is 6.08 Å². The number of amides is 1. The predicted octanol–water partition coefficient (Wildman–Crippen LogP) is 1.01. The number of aromatic nitrogens is 2. The monoisotopic (exact) mass is 276 g/mol. The van der Waals surface area contributed by atoms with Gasteiger partial charge in [0.15, 0.2) is 0 Å². The Hall–Kier alpha value is -1.82. The molecule has 2 fully saturated rings. The molecule has 1 aromatic heterocycles. The minimum absolute atomic E-state index is 0.162. The molecule has 108 valence electrons. The van der Waals surface area contributed by atoms with Gasteiger partial charge in [-0.2, -0.15) is 5.10 Å². The average molecular weight is 276 g/mol. The van der Waals surface area contributed by atoms with Crippen molar-refractivity contribution in [2.24, 2.45) is 0 Å². The van der Waals surface area contributed by atoms with Crippen molar-refractivity contribution in [3.05, 3.63) is 30.1 Å². The van der Waals surface area contributed by atoms with E-state index in [0.717, 1.165) is 32.7 Å². The van der Waals surface area contributed by atoms with Crippen LogP contribution in [0, 0.1) is 6.92 Å². The van der Waals surface area contributed by atoms with Crippen LogP contribution in [0.25, 0.3) is 0 Å². The van der Waals surface area contributed by atoms with Crippen LogP contribution in [0.3, 0.4) is 0 Å². The summed E-state index contributed by atoms with van der Waals surface area (Å²) in [6.45, 7) is 10.5. The minimum Gasteiger partial charge on any atom is -0.447 e. The Balaban J connectivity index is 1.64. The molecule has 0 saturated carbocycles. The Morgan fingerprint density at radius 3 is 3.20 bits per heavy atom. The molecule has 3 rings (SSSR count). The molecule has 2 aliphatic heterocycles. The highest BCUT2D eigenvalue weighted by molar-refractivity contribution is 5.70. The van der Waals surface area contributed by atoms with Crippen LogP contribution in [0.5, 0.6) is 0 Å². The molecular weight excluding hydrogens is 256 g/mol. The average Bonchev–Trinajstić information content (AvgIpc) is 2.97. The predicted molar refractivity (Wildman–Crippen MR) is 74.3 cm³/mol. The van der Waals surface area contributed by atoms with E-state index in [9.17, 15) is 4.79 Å². The summed E-state index contributed by atoms with van der Waals surface area (Å²) in [6.07, 6.45) is 3.62. The van der Waals surface area contributed by atoms with Gasteiger partial charge >= 0.3 is 6.09 Å². The van der Waals surface area contributed by atoms with Crippen molar-refractivity contribution in [1.29, 1.82) is 0 Å². The van der Waals surface area contributed by atoms with Crippen LogP contribution in [0.15, 0.2) is 18.9 Å². The Morgan fingerprint density at radius 1 is 1.55 bits per heavy atom. The lowest BCUT2D eigenvalue weighted by Gasteiger charge is -2.35. The Labute approximate surface area is 118 Å². The summed E-state index contributed by atoms with van der Waals surface area (Å²) in [6, 6.07) is 0.208. The Bertz CT molecular complexity index is 525. The normalized spacial score (nSPS) is 22.8. The fourth-order valence-electron chi connectivity index (χ4n) is 2.88. The van der Waals surface area contributed by atoms with E-state index >= 15 is 0 Å². The number of nitrogens with zero attached hydrogens (tertiary/aromatic N) is 4. The third kappa shape index (κ3) is 2.31. The Kier molecular flexibility index (Phi) is 3.48. The van der Waals surface area contributed by atoms with E-state index in [1.54, 1.807) is 0 Å². The maximum Gasteiger partial charge on any atom is 0.410 e.